The Morgan fingerprint density at radius 2 is 1.20 bits per heavy atom. The number of nitrogens with two attached hydrogens (primary N) is 1. The monoisotopic (exact) mass is 971 g/mol. The average Bonchev–Trinajstić information content (AvgIpc) is 4.01. The van der Waals surface area contributed by atoms with E-state index >= 15 is 0 Å². The Morgan fingerprint density at radius 3 is 1.73 bits per heavy atom. The van der Waals surface area contributed by atoms with E-state index in [1.54, 1.807) is 54.7 Å². The maximum absolute atomic E-state index is 14.4. The molecule has 1 aliphatic heterocycles. The van der Waals surface area contributed by atoms with Gasteiger partial charge in [-0.2, -0.15) is 0 Å². The van der Waals surface area contributed by atoms with Gasteiger partial charge >= 0.3 is 0 Å². The Morgan fingerprint density at radius 1 is 0.671 bits per heavy atom. The predicted octanol–water partition coefficient (Wildman–Crippen LogP) is 1.73. The largest absolute Gasteiger partial charge is 0.390 e. The number of aliphatic hydroxyl groups excluding tert-OH is 1. The van der Waals surface area contributed by atoms with Gasteiger partial charge in [-0.05, 0) is 61.0 Å². The van der Waals surface area contributed by atoms with Crippen LogP contribution in [-0.2, 0) is 57.6 Å². The molecule has 19 heteroatoms. The number of H-pyrrole nitrogens is 1. The number of nitrogens with one attached hydrogen (secondary N) is 7. The van der Waals surface area contributed by atoms with Crippen molar-refractivity contribution in [3.63, 3.8) is 0 Å². The maximum Gasteiger partial charge on any atom is 0.246 e. The van der Waals surface area contributed by atoms with E-state index in [4.69, 9.17) is 5.73 Å². The molecule has 0 aliphatic carbocycles. The molecule has 70 heavy (non-hydrogen) atoms. The van der Waals surface area contributed by atoms with Crippen LogP contribution in [0.5, 0.6) is 0 Å². The topological polar surface area (TPSA) is 287 Å². The number of aromatic nitrogens is 2. The summed E-state index contributed by atoms with van der Waals surface area (Å²) in [6.07, 6.45) is 2.95. The SMILES string of the molecule is CC(=O)N[C@@H](Cc1cnc[nH]1)C(=O)N1CCC[C@@H]1C(=O)N[C@@H](Cc1ccccc1)C(=O)N[C@H](CC(C)C)C(=O)N[C@@H](CC(C)C)[C@@H](O)CC(=O)N[C@@H](CC(C)C)C(=O)N[C@@H](Cc1ccccc1)C(N)=O. The average molecular weight is 971 g/mol. The zero-order valence-corrected chi connectivity index (χ0v) is 41.5. The lowest BCUT2D eigenvalue weighted by Crippen LogP contribution is -2.59. The van der Waals surface area contributed by atoms with Gasteiger partial charge in [-0.15, -0.1) is 0 Å². The van der Waals surface area contributed by atoms with Crippen LogP contribution in [0.4, 0.5) is 0 Å². The highest BCUT2D eigenvalue weighted by Crippen LogP contribution is 2.21. The van der Waals surface area contributed by atoms with Crippen LogP contribution in [0.1, 0.15) is 104 Å². The van der Waals surface area contributed by atoms with Crippen molar-refractivity contribution < 1.29 is 43.5 Å². The lowest BCUT2D eigenvalue weighted by atomic mass is 9.95. The molecule has 19 nitrogen and oxygen atoms in total. The Labute approximate surface area is 411 Å². The number of hydrogen-bond acceptors (Lipinski definition) is 10. The van der Waals surface area contributed by atoms with E-state index in [1.165, 1.54) is 18.2 Å². The van der Waals surface area contributed by atoms with Gasteiger partial charge in [-0.1, -0.05) is 102 Å². The third-order valence-electron chi connectivity index (χ3n) is 12.0. The molecular weight excluding hydrogens is 897 g/mol. The number of amides is 8. The van der Waals surface area contributed by atoms with Crippen molar-refractivity contribution in [3.8, 4) is 0 Å². The molecule has 8 atom stereocenters. The molecule has 8 amide bonds. The maximum atomic E-state index is 14.4. The third-order valence-corrected chi connectivity index (χ3v) is 12.0. The number of nitrogens with zero attached hydrogens (tertiary/aromatic N) is 2. The highest BCUT2D eigenvalue weighted by molar-refractivity contribution is 5.96. The molecule has 0 spiro atoms. The van der Waals surface area contributed by atoms with E-state index in [2.05, 4.69) is 41.9 Å². The Kier molecular flexibility index (Phi) is 22.0. The van der Waals surface area contributed by atoms with Crippen molar-refractivity contribution in [2.24, 2.45) is 23.5 Å². The minimum Gasteiger partial charge on any atom is -0.390 e. The van der Waals surface area contributed by atoms with E-state index in [1.807, 2.05) is 53.7 Å². The number of carbonyl (C=O) groups is 8. The van der Waals surface area contributed by atoms with Crippen molar-refractivity contribution in [1.29, 1.82) is 0 Å². The van der Waals surface area contributed by atoms with E-state index in [9.17, 15) is 43.5 Å². The van der Waals surface area contributed by atoms with Gasteiger partial charge in [0.05, 0.1) is 24.9 Å². The molecule has 1 fully saturated rings. The third kappa shape index (κ3) is 18.4. The fourth-order valence-corrected chi connectivity index (χ4v) is 8.60. The van der Waals surface area contributed by atoms with E-state index < -0.39 is 102 Å². The smallest absolute Gasteiger partial charge is 0.246 e. The fourth-order valence-electron chi connectivity index (χ4n) is 8.60. The van der Waals surface area contributed by atoms with E-state index in [0.717, 1.165) is 11.1 Å². The van der Waals surface area contributed by atoms with Crippen molar-refractivity contribution in [2.45, 2.75) is 155 Å². The second-order valence-electron chi connectivity index (χ2n) is 19.6. The minimum atomic E-state index is -1.41. The lowest BCUT2D eigenvalue weighted by molar-refractivity contribution is -0.142. The first-order chi connectivity index (χ1) is 33.2. The van der Waals surface area contributed by atoms with E-state index in [-0.39, 0.29) is 62.8 Å². The molecule has 2 heterocycles. The second-order valence-corrected chi connectivity index (χ2v) is 19.6. The molecule has 0 saturated carbocycles. The molecule has 0 unspecified atom stereocenters. The quantitative estimate of drug-likeness (QED) is 0.0534. The van der Waals surface area contributed by atoms with Crippen LogP contribution in [0.25, 0.3) is 0 Å². The summed E-state index contributed by atoms with van der Waals surface area (Å²) in [5.74, 6) is -4.90. The van der Waals surface area contributed by atoms with Crippen LogP contribution in [0.2, 0.25) is 0 Å². The summed E-state index contributed by atoms with van der Waals surface area (Å²) in [5.41, 5.74) is 7.78. The highest BCUT2D eigenvalue weighted by atomic mass is 16.3. The predicted molar refractivity (Wildman–Crippen MR) is 263 cm³/mol. The van der Waals surface area contributed by atoms with Crippen molar-refractivity contribution >= 4 is 47.3 Å². The molecular formula is C51H74N10O9. The van der Waals surface area contributed by atoms with Gasteiger partial charge in [0.25, 0.3) is 0 Å². The number of carbonyl (C=O) groups excluding carboxylic acids is 8. The van der Waals surface area contributed by atoms with E-state index in [0.29, 0.717) is 18.5 Å². The number of imidazole rings is 1. The summed E-state index contributed by atoms with van der Waals surface area (Å²) in [7, 11) is 0. The Balaban J connectivity index is 1.49. The van der Waals surface area contributed by atoms with Crippen LogP contribution in [-0.4, -0.2) is 122 Å². The summed E-state index contributed by atoms with van der Waals surface area (Å²) >= 11 is 0. The Bertz CT molecular complexity index is 2190. The van der Waals surface area contributed by atoms with Crippen LogP contribution in [0, 0.1) is 17.8 Å². The molecule has 4 rings (SSSR count). The lowest BCUT2D eigenvalue weighted by Gasteiger charge is -2.31. The Hall–Kier alpha value is -6.63. The molecule has 1 aliphatic rings. The number of aromatic amines is 1. The van der Waals surface area contributed by atoms with Crippen molar-refractivity contribution in [2.75, 3.05) is 6.54 Å². The molecule has 1 saturated heterocycles. The molecule has 2 aromatic carbocycles. The summed E-state index contributed by atoms with van der Waals surface area (Å²) < 4.78 is 0. The standard InChI is InChI=1S/C51H74N10O9/c1-30(2)21-37(44(63)27-45(64)56-39(22-31(3)4)47(66)58-38(46(52)65)24-34-15-10-8-11-16-34)57-48(67)40(23-32(5)6)59-49(68)41(25-35-17-12-9-13-18-35)60-50(69)43-19-14-20-61(43)51(70)42(55-33(7)62)26-36-28-53-29-54-36/h8-13,15-18,28-32,37-44,63H,14,19-27H2,1-7H3,(H2,52,65)(H,53,54)(H,55,62)(H,56,64)(H,57,67)(H,58,66)(H,59,68)(H,60,69)/t37-,38-,39-,40+,41-,42-,43+,44-/m0/s1. The van der Waals surface area contributed by atoms with Crippen molar-refractivity contribution in [1.82, 2.24) is 46.8 Å². The molecule has 0 radical (unpaired) electrons. The summed E-state index contributed by atoms with van der Waals surface area (Å²) in [6, 6.07) is 10.8. The van der Waals surface area contributed by atoms with Gasteiger partial charge in [-0.3, -0.25) is 38.4 Å². The first-order valence-electron chi connectivity index (χ1n) is 24.3. The van der Waals surface area contributed by atoms with Crippen LogP contribution in [0.15, 0.2) is 73.2 Å². The van der Waals surface area contributed by atoms with Gasteiger partial charge in [0.15, 0.2) is 0 Å². The fraction of sp³-hybridized carbons (Fsp3) is 0.549. The van der Waals surface area contributed by atoms with Crippen LogP contribution < -0.4 is 37.6 Å². The summed E-state index contributed by atoms with van der Waals surface area (Å²) in [5, 5.41) is 28.3. The zero-order chi connectivity index (χ0) is 51.5. The zero-order valence-electron chi connectivity index (χ0n) is 41.5. The highest BCUT2D eigenvalue weighted by Gasteiger charge is 2.40. The number of hydrogen-bond donors (Lipinski definition) is 9. The number of aliphatic hydroxyl groups is 1. The van der Waals surface area contributed by atoms with Crippen LogP contribution in [0.3, 0.4) is 0 Å². The molecule has 3 aromatic rings. The van der Waals surface area contributed by atoms with Crippen molar-refractivity contribution in [3.05, 3.63) is 90.0 Å². The summed E-state index contributed by atoms with van der Waals surface area (Å²) in [6.45, 7) is 12.8. The normalized spacial score (nSPS) is 16.6. The van der Waals surface area contributed by atoms with Gasteiger partial charge in [0.2, 0.25) is 47.3 Å². The first-order valence-corrected chi connectivity index (χ1v) is 24.3. The number of rotatable bonds is 27. The van der Waals surface area contributed by atoms with Gasteiger partial charge < -0.3 is 52.6 Å². The second kappa shape index (κ2) is 27.5. The molecule has 0 bridgehead atoms. The summed E-state index contributed by atoms with van der Waals surface area (Å²) in [4.78, 5) is 117. The molecule has 1 aromatic heterocycles. The van der Waals surface area contributed by atoms with Gasteiger partial charge in [-0.25, -0.2) is 4.98 Å². The number of likely N-dealkylation sites (tertiary alicyclic amines) is 1. The molecule has 382 valence electrons. The number of benzene rings is 2. The number of primary amides is 1. The minimum absolute atomic E-state index is 0.0437. The van der Waals surface area contributed by atoms with Gasteiger partial charge in [0, 0.05) is 44.6 Å². The first kappa shape index (κ1) is 56.0. The molecule has 10 N–H and O–H groups in total. The van der Waals surface area contributed by atoms with Gasteiger partial charge in [0.1, 0.15) is 36.3 Å². The van der Waals surface area contributed by atoms with Crippen LogP contribution >= 0.6 is 0 Å².